The van der Waals surface area contributed by atoms with Crippen molar-refractivity contribution in [2.75, 3.05) is 12.4 Å². The molecule has 0 aliphatic rings. The standard InChI is InChI=1S/C19H20N4O2/c1-13-8-7-9-14(2)17(13)20-19(24)18-16(12-25-3)23(22-21-18)15-10-5-4-6-11-15/h4-11H,12H2,1-3H3,(H,20,24). The smallest absolute Gasteiger partial charge is 0.278 e. The number of carbonyl (C=O) groups is 1. The molecule has 0 saturated heterocycles. The van der Waals surface area contributed by atoms with Gasteiger partial charge in [-0.1, -0.05) is 41.6 Å². The lowest BCUT2D eigenvalue weighted by molar-refractivity contribution is 0.101. The van der Waals surface area contributed by atoms with Crippen molar-refractivity contribution in [2.24, 2.45) is 0 Å². The summed E-state index contributed by atoms with van der Waals surface area (Å²) in [5.74, 6) is -0.299. The first-order valence-electron chi connectivity index (χ1n) is 7.98. The van der Waals surface area contributed by atoms with Crippen LogP contribution in [0.1, 0.15) is 27.3 Å². The molecule has 25 heavy (non-hydrogen) atoms. The van der Waals surface area contributed by atoms with Crippen molar-refractivity contribution < 1.29 is 9.53 Å². The van der Waals surface area contributed by atoms with Gasteiger partial charge in [-0.3, -0.25) is 4.79 Å². The molecule has 0 unspecified atom stereocenters. The molecule has 1 aromatic heterocycles. The number of rotatable bonds is 5. The van der Waals surface area contributed by atoms with E-state index in [1.807, 2.05) is 62.4 Å². The minimum atomic E-state index is -0.299. The van der Waals surface area contributed by atoms with Crippen LogP contribution >= 0.6 is 0 Å². The molecule has 0 radical (unpaired) electrons. The Kier molecular flexibility index (Phi) is 4.90. The number of carbonyl (C=O) groups excluding carboxylic acids is 1. The number of nitrogens with one attached hydrogen (secondary N) is 1. The van der Waals surface area contributed by atoms with Crippen LogP contribution in [0, 0.1) is 13.8 Å². The summed E-state index contributed by atoms with van der Waals surface area (Å²) in [4.78, 5) is 12.8. The molecule has 0 atom stereocenters. The van der Waals surface area contributed by atoms with E-state index < -0.39 is 0 Å². The maximum absolute atomic E-state index is 12.8. The number of hydrogen-bond acceptors (Lipinski definition) is 4. The minimum absolute atomic E-state index is 0.234. The number of anilines is 1. The third-order valence-corrected chi connectivity index (χ3v) is 3.98. The molecule has 6 heteroatoms. The molecule has 3 aromatic rings. The molecule has 0 aliphatic heterocycles. The zero-order chi connectivity index (χ0) is 17.8. The average molecular weight is 336 g/mol. The molecule has 2 aromatic carbocycles. The number of aromatic nitrogens is 3. The van der Waals surface area contributed by atoms with Crippen LogP contribution in [-0.2, 0) is 11.3 Å². The molecule has 0 spiro atoms. The fourth-order valence-corrected chi connectivity index (χ4v) is 2.71. The van der Waals surface area contributed by atoms with Crippen LogP contribution in [0.25, 0.3) is 5.69 Å². The van der Waals surface area contributed by atoms with Crippen LogP contribution in [0.4, 0.5) is 5.69 Å². The molecule has 1 amide bonds. The summed E-state index contributed by atoms with van der Waals surface area (Å²) in [5.41, 5.74) is 4.48. The van der Waals surface area contributed by atoms with Crippen LogP contribution in [0.3, 0.4) is 0 Å². The molecular weight excluding hydrogens is 316 g/mol. The number of ether oxygens (including phenoxy) is 1. The Labute approximate surface area is 146 Å². The molecule has 0 saturated carbocycles. The lowest BCUT2D eigenvalue weighted by Gasteiger charge is -2.11. The van der Waals surface area contributed by atoms with Crippen molar-refractivity contribution in [3.05, 3.63) is 71.0 Å². The number of hydrogen-bond donors (Lipinski definition) is 1. The first kappa shape index (κ1) is 16.9. The number of aryl methyl sites for hydroxylation is 2. The molecule has 1 heterocycles. The predicted octanol–water partition coefficient (Wildman–Crippen LogP) is 3.28. The number of nitrogens with zero attached hydrogens (tertiary/aromatic N) is 3. The number of benzene rings is 2. The van der Waals surface area contributed by atoms with Crippen molar-refractivity contribution >= 4 is 11.6 Å². The highest BCUT2D eigenvalue weighted by molar-refractivity contribution is 6.04. The van der Waals surface area contributed by atoms with Crippen LogP contribution in [0.2, 0.25) is 0 Å². The highest BCUT2D eigenvalue weighted by Gasteiger charge is 2.21. The second kappa shape index (κ2) is 7.27. The average Bonchev–Trinajstić information content (AvgIpc) is 3.03. The highest BCUT2D eigenvalue weighted by atomic mass is 16.5. The second-order valence-corrected chi connectivity index (χ2v) is 5.79. The van der Waals surface area contributed by atoms with Crippen molar-refractivity contribution in [3.8, 4) is 5.69 Å². The normalized spacial score (nSPS) is 10.7. The van der Waals surface area contributed by atoms with E-state index in [1.165, 1.54) is 0 Å². The summed E-state index contributed by atoms with van der Waals surface area (Å²) in [5, 5.41) is 11.2. The van der Waals surface area contributed by atoms with E-state index in [1.54, 1.807) is 11.8 Å². The minimum Gasteiger partial charge on any atom is -0.378 e. The Morgan fingerprint density at radius 3 is 2.40 bits per heavy atom. The van der Waals surface area contributed by atoms with Gasteiger partial charge in [-0.05, 0) is 37.1 Å². The van der Waals surface area contributed by atoms with Crippen LogP contribution in [0.15, 0.2) is 48.5 Å². The second-order valence-electron chi connectivity index (χ2n) is 5.79. The monoisotopic (exact) mass is 336 g/mol. The van der Waals surface area contributed by atoms with Gasteiger partial charge in [-0.2, -0.15) is 0 Å². The lowest BCUT2D eigenvalue weighted by Crippen LogP contribution is -2.17. The Balaban J connectivity index is 1.97. The van der Waals surface area contributed by atoms with Crippen LogP contribution in [-0.4, -0.2) is 28.0 Å². The quantitative estimate of drug-likeness (QED) is 0.776. The van der Waals surface area contributed by atoms with Gasteiger partial charge in [-0.25, -0.2) is 4.68 Å². The third kappa shape index (κ3) is 3.44. The number of para-hydroxylation sites is 2. The van der Waals surface area contributed by atoms with Gasteiger partial charge in [0, 0.05) is 12.8 Å². The summed E-state index contributed by atoms with van der Waals surface area (Å²) >= 11 is 0. The van der Waals surface area contributed by atoms with E-state index in [9.17, 15) is 4.79 Å². The van der Waals surface area contributed by atoms with Gasteiger partial charge in [0.1, 0.15) is 5.69 Å². The summed E-state index contributed by atoms with van der Waals surface area (Å²) < 4.78 is 6.88. The molecule has 0 fully saturated rings. The zero-order valence-corrected chi connectivity index (χ0v) is 14.5. The van der Waals surface area contributed by atoms with E-state index in [2.05, 4.69) is 15.6 Å². The SMILES string of the molecule is COCc1c(C(=O)Nc2c(C)cccc2C)nnn1-c1ccccc1. The number of methoxy groups -OCH3 is 1. The molecule has 128 valence electrons. The highest BCUT2D eigenvalue weighted by Crippen LogP contribution is 2.21. The Morgan fingerprint density at radius 1 is 1.08 bits per heavy atom. The summed E-state index contributed by atoms with van der Waals surface area (Å²) in [6, 6.07) is 15.4. The van der Waals surface area contributed by atoms with Crippen molar-refractivity contribution in [1.82, 2.24) is 15.0 Å². The van der Waals surface area contributed by atoms with E-state index in [4.69, 9.17) is 4.74 Å². The summed E-state index contributed by atoms with van der Waals surface area (Å²) in [7, 11) is 1.58. The Morgan fingerprint density at radius 2 is 1.76 bits per heavy atom. The lowest BCUT2D eigenvalue weighted by atomic mass is 10.1. The number of amides is 1. The van der Waals surface area contributed by atoms with Gasteiger partial charge in [0.05, 0.1) is 12.3 Å². The van der Waals surface area contributed by atoms with Gasteiger partial charge in [0.2, 0.25) is 0 Å². The van der Waals surface area contributed by atoms with Gasteiger partial charge >= 0.3 is 0 Å². The van der Waals surface area contributed by atoms with Gasteiger partial charge in [0.15, 0.2) is 5.69 Å². The maximum atomic E-state index is 12.8. The summed E-state index contributed by atoms with van der Waals surface area (Å²) in [6.45, 7) is 4.15. The van der Waals surface area contributed by atoms with Crippen molar-refractivity contribution in [2.45, 2.75) is 20.5 Å². The first-order valence-corrected chi connectivity index (χ1v) is 7.98. The van der Waals surface area contributed by atoms with Crippen molar-refractivity contribution in [1.29, 1.82) is 0 Å². The van der Waals surface area contributed by atoms with Crippen LogP contribution < -0.4 is 5.32 Å². The zero-order valence-electron chi connectivity index (χ0n) is 14.5. The molecule has 0 aliphatic carbocycles. The maximum Gasteiger partial charge on any atom is 0.278 e. The third-order valence-electron chi connectivity index (χ3n) is 3.98. The van der Waals surface area contributed by atoms with E-state index in [0.29, 0.717) is 5.69 Å². The summed E-state index contributed by atoms with van der Waals surface area (Å²) in [6.07, 6.45) is 0. The van der Waals surface area contributed by atoms with E-state index in [-0.39, 0.29) is 18.2 Å². The molecule has 6 nitrogen and oxygen atoms in total. The van der Waals surface area contributed by atoms with Gasteiger partial charge in [0.25, 0.3) is 5.91 Å². The molecule has 0 bridgehead atoms. The molecule has 1 N–H and O–H groups in total. The molecule has 3 rings (SSSR count). The Hall–Kier alpha value is -2.99. The fourth-order valence-electron chi connectivity index (χ4n) is 2.71. The van der Waals surface area contributed by atoms with E-state index >= 15 is 0 Å². The fraction of sp³-hybridized carbons (Fsp3) is 0.211. The van der Waals surface area contributed by atoms with Crippen molar-refractivity contribution in [3.63, 3.8) is 0 Å². The first-order chi connectivity index (χ1) is 12.1. The predicted molar refractivity (Wildman–Crippen MR) is 95.9 cm³/mol. The largest absolute Gasteiger partial charge is 0.378 e. The molecular formula is C19H20N4O2. The van der Waals surface area contributed by atoms with E-state index in [0.717, 1.165) is 22.5 Å². The van der Waals surface area contributed by atoms with Crippen LogP contribution in [0.5, 0.6) is 0 Å². The Bertz CT molecular complexity index is 867. The van der Waals surface area contributed by atoms with Gasteiger partial charge < -0.3 is 10.1 Å². The van der Waals surface area contributed by atoms with Gasteiger partial charge in [-0.15, -0.1) is 5.10 Å². The topological polar surface area (TPSA) is 69.0 Å².